The molecular weight excluding hydrogens is 432 g/mol. The summed E-state index contributed by atoms with van der Waals surface area (Å²) in [5, 5.41) is 0.907. The van der Waals surface area contributed by atoms with E-state index in [4.69, 9.17) is 0 Å². The Morgan fingerprint density at radius 3 is 1.97 bits per heavy atom. The molecule has 0 saturated carbocycles. The molecule has 12 heteroatoms. The zero-order valence-electron chi connectivity index (χ0n) is 14.8. The first kappa shape index (κ1) is 21.4. The zero-order valence-corrected chi connectivity index (χ0v) is 15.6. The highest BCUT2D eigenvalue weighted by molar-refractivity contribution is 8.45. The summed E-state index contributed by atoms with van der Waals surface area (Å²) in [6.07, 6.45) is 0. The van der Waals surface area contributed by atoms with Crippen LogP contribution in [0.1, 0.15) is 24.0 Å². The maximum Gasteiger partial charge on any atom is 0.310 e. The summed E-state index contributed by atoms with van der Waals surface area (Å²) < 4.78 is 106. The molecule has 0 radical (unpaired) electrons. The number of amides is 1. The summed E-state index contributed by atoms with van der Waals surface area (Å²) in [4.78, 5) is 10.4. The summed E-state index contributed by atoms with van der Waals surface area (Å²) in [5.74, 6) is -6.21. The van der Waals surface area contributed by atoms with E-state index in [0.29, 0.717) is 18.2 Å². The van der Waals surface area contributed by atoms with Crippen molar-refractivity contribution in [3.05, 3.63) is 65.0 Å². The van der Waals surface area contributed by atoms with Crippen LogP contribution in [0.15, 0.2) is 41.3 Å². The number of nitrogens with one attached hydrogen (secondary N) is 1. The van der Waals surface area contributed by atoms with Crippen LogP contribution in [0.5, 0.6) is 0 Å². The molecule has 1 saturated heterocycles. The third-order valence-corrected chi connectivity index (χ3v) is 5.95. The van der Waals surface area contributed by atoms with E-state index in [1.54, 1.807) is 0 Å². The van der Waals surface area contributed by atoms with Gasteiger partial charge in [0.15, 0.2) is 11.6 Å². The van der Waals surface area contributed by atoms with Crippen LogP contribution in [0, 0.1) is 17.5 Å². The molecule has 0 unspecified atom stereocenters. The Morgan fingerprint density at radius 1 is 0.931 bits per heavy atom. The Balaban J connectivity index is 2.15. The lowest BCUT2D eigenvalue weighted by Crippen LogP contribution is -2.42. The minimum atomic E-state index is -9.92. The van der Waals surface area contributed by atoms with Crippen molar-refractivity contribution in [1.82, 2.24) is 10.4 Å². The molecule has 1 N–H and O–H groups in total. The molecule has 0 aromatic heterocycles. The summed E-state index contributed by atoms with van der Waals surface area (Å²) in [6.45, 7) is 1.26. The number of halogens is 8. The number of likely N-dealkylation sites (N-methyl/N-ethyl adjacent to an activating group) is 1. The van der Waals surface area contributed by atoms with E-state index in [9.17, 15) is 37.4 Å². The van der Waals surface area contributed by atoms with Crippen LogP contribution in [-0.2, 0) is 10.3 Å². The number of benzene rings is 2. The molecule has 2 aromatic carbocycles. The van der Waals surface area contributed by atoms with Gasteiger partial charge in [0.05, 0.1) is 11.5 Å². The zero-order chi connectivity index (χ0) is 22.1. The Morgan fingerprint density at radius 2 is 1.45 bits per heavy atom. The van der Waals surface area contributed by atoms with Crippen LogP contribution in [-0.4, -0.2) is 18.0 Å². The van der Waals surface area contributed by atoms with E-state index in [0.717, 1.165) is 5.01 Å². The number of nitrogens with zero attached hydrogens (tertiary/aromatic N) is 1. The average molecular weight is 446 g/mol. The summed E-state index contributed by atoms with van der Waals surface area (Å²) in [6, 6.07) is 2.41. The first-order valence-electron chi connectivity index (χ1n) is 7.98. The second-order valence-electron chi connectivity index (χ2n) is 6.93. The van der Waals surface area contributed by atoms with Gasteiger partial charge in [0, 0.05) is 18.7 Å². The number of hydrogen-bond donors (Lipinski definition) is 1. The smallest absolute Gasteiger partial charge is 0.280 e. The standard InChI is InChI=1S/C17H14F8N2OS/c1-17(11-7-13(19)14(20)8-12(11)18)15(16(28)27(2)26-17)9-3-5-10(6-4-9)29(21,22,23,24)25/h3-8,15,26H,1-2H3/t15-,17+/m0/s1. The molecule has 29 heavy (non-hydrogen) atoms. The summed E-state index contributed by atoms with van der Waals surface area (Å²) in [5.41, 5.74) is 0.237. The lowest BCUT2D eigenvalue weighted by atomic mass is 9.77. The van der Waals surface area contributed by atoms with E-state index >= 15 is 0 Å². The van der Waals surface area contributed by atoms with E-state index < -0.39 is 55.5 Å². The Labute approximate surface area is 160 Å². The largest absolute Gasteiger partial charge is 0.310 e. The molecule has 1 aliphatic heterocycles. The SMILES string of the molecule is CN1N[C@](C)(c2cc(F)c(F)cc2F)[C@@H](c2ccc(S(F)(F)(F)(F)F)cc2)C1=O. The maximum atomic E-state index is 14.4. The van der Waals surface area contributed by atoms with Crippen molar-refractivity contribution in [2.24, 2.45) is 0 Å². The monoisotopic (exact) mass is 446 g/mol. The number of hydrazine groups is 1. The van der Waals surface area contributed by atoms with Gasteiger partial charge in [0.1, 0.15) is 10.7 Å². The van der Waals surface area contributed by atoms with E-state index in [2.05, 4.69) is 5.43 Å². The van der Waals surface area contributed by atoms with Gasteiger partial charge in [-0.1, -0.05) is 31.6 Å². The van der Waals surface area contributed by atoms with Gasteiger partial charge in [-0.25, -0.2) is 18.6 Å². The van der Waals surface area contributed by atoms with Crippen molar-refractivity contribution in [3.63, 3.8) is 0 Å². The quantitative estimate of drug-likeness (QED) is 0.482. The molecule has 1 aliphatic rings. The van der Waals surface area contributed by atoms with Crippen LogP contribution in [0.4, 0.5) is 32.6 Å². The van der Waals surface area contributed by atoms with Crippen molar-refractivity contribution < 1.29 is 37.4 Å². The van der Waals surface area contributed by atoms with Crippen LogP contribution in [0.3, 0.4) is 0 Å². The molecule has 0 spiro atoms. The number of hydrogen-bond acceptors (Lipinski definition) is 2. The minimum Gasteiger partial charge on any atom is -0.280 e. The third-order valence-electron chi connectivity index (χ3n) is 4.78. The van der Waals surface area contributed by atoms with Crippen molar-refractivity contribution >= 4 is 16.1 Å². The normalized spacial score (nSPS) is 25.1. The van der Waals surface area contributed by atoms with Gasteiger partial charge in [-0.3, -0.25) is 9.80 Å². The summed E-state index contributed by atoms with van der Waals surface area (Å²) in [7, 11) is -8.69. The molecule has 1 heterocycles. The Kier molecular flexibility index (Phi) is 4.15. The second-order valence-corrected chi connectivity index (χ2v) is 9.34. The van der Waals surface area contributed by atoms with Gasteiger partial charge < -0.3 is 0 Å². The van der Waals surface area contributed by atoms with Gasteiger partial charge in [-0.05, 0) is 30.7 Å². The van der Waals surface area contributed by atoms with Gasteiger partial charge >= 0.3 is 10.2 Å². The molecule has 2 aromatic rings. The third kappa shape index (κ3) is 3.66. The predicted octanol–water partition coefficient (Wildman–Crippen LogP) is 5.74. The van der Waals surface area contributed by atoms with Crippen LogP contribution < -0.4 is 5.43 Å². The number of rotatable bonds is 3. The van der Waals surface area contributed by atoms with Crippen LogP contribution >= 0.6 is 10.2 Å². The average Bonchev–Trinajstić information content (AvgIpc) is 2.79. The van der Waals surface area contributed by atoms with Crippen molar-refractivity contribution in [2.45, 2.75) is 23.3 Å². The highest BCUT2D eigenvalue weighted by Crippen LogP contribution is 3.02. The van der Waals surface area contributed by atoms with Crippen molar-refractivity contribution in [3.8, 4) is 0 Å². The van der Waals surface area contributed by atoms with Crippen LogP contribution in [0.2, 0.25) is 0 Å². The maximum absolute atomic E-state index is 14.4. The van der Waals surface area contributed by atoms with Crippen molar-refractivity contribution in [1.29, 1.82) is 0 Å². The van der Waals surface area contributed by atoms with Gasteiger partial charge in [-0.15, -0.1) is 0 Å². The number of carbonyl (C=O) groups is 1. The second kappa shape index (κ2) is 5.63. The van der Waals surface area contributed by atoms with Gasteiger partial charge in [0.2, 0.25) is 5.91 Å². The fourth-order valence-corrected chi connectivity index (χ4v) is 4.09. The van der Waals surface area contributed by atoms with Gasteiger partial charge in [-0.2, -0.15) is 0 Å². The van der Waals surface area contributed by atoms with E-state index in [-0.39, 0.29) is 23.8 Å². The molecule has 160 valence electrons. The van der Waals surface area contributed by atoms with E-state index in [1.807, 2.05) is 0 Å². The first-order chi connectivity index (χ1) is 12.9. The summed E-state index contributed by atoms with van der Waals surface area (Å²) >= 11 is 0. The fourth-order valence-electron chi connectivity index (χ4n) is 3.44. The molecular formula is C17H14F8N2OS. The lowest BCUT2D eigenvalue weighted by molar-refractivity contribution is -0.129. The molecule has 3 nitrogen and oxygen atoms in total. The Hall–Kier alpha value is -2.34. The molecule has 1 amide bonds. The van der Waals surface area contributed by atoms with E-state index in [1.165, 1.54) is 14.0 Å². The lowest BCUT2D eigenvalue weighted by Gasteiger charge is -2.40. The molecule has 0 aliphatic carbocycles. The highest BCUT2D eigenvalue weighted by Gasteiger charge is 2.65. The molecule has 1 fully saturated rings. The number of carbonyl (C=O) groups excluding carboxylic acids is 1. The fraction of sp³-hybridized carbons (Fsp3) is 0.235. The molecule has 3 rings (SSSR count). The predicted molar refractivity (Wildman–Crippen MR) is 90.2 cm³/mol. The minimum absolute atomic E-state index is 0.129. The van der Waals surface area contributed by atoms with Crippen LogP contribution in [0.25, 0.3) is 0 Å². The van der Waals surface area contributed by atoms with Crippen molar-refractivity contribution in [2.75, 3.05) is 7.05 Å². The first-order valence-corrected chi connectivity index (χ1v) is 9.93. The molecule has 2 atom stereocenters. The van der Waals surface area contributed by atoms with Gasteiger partial charge in [0.25, 0.3) is 0 Å². The Bertz CT molecular complexity index is 1010. The topological polar surface area (TPSA) is 32.3 Å². The molecule has 0 bridgehead atoms. The highest BCUT2D eigenvalue weighted by atomic mass is 32.5.